The summed E-state index contributed by atoms with van der Waals surface area (Å²) in [5, 5.41) is 15.0. The van der Waals surface area contributed by atoms with Crippen LogP contribution in [0.5, 0.6) is 0 Å². The van der Waals surface area contributed by atoms with E-state index in [-0.39, 0.29) is 18.0 Å². The SMILES string of the molecule is CCC(c1nc2ncccc2c(=O)n1Cc1cncnc1)N(CCNC)C(=O)c1cc[n+]([O-])cc1. The minimum absolute atomic E-state index is 0.193. The molecule has 1 amide bonds. The molecular weight excluding hydrogens is 448 g/mol. The molecule has 4 aromatic rings. The third-order valence-electron chi connectivity index (χ3n) is 5.69. The van der Waals surface area contributed by atoms with Crippen LogP contribution in [0.1, 0.15) is 41.1 Å². The molecule has 4 heterocycles. The Hall–Kier alpha value is -4.25. The predicted molar refractivity (Wildman–Crippen MR) is 128 cm³/mol. The van der Waals surface area contributed by atoms with Gasteiger partial charge in [0.25, 0.3) is 11.5 Å². The topological polar surface area (TPSA) is 133 Å². The van der Waals surface area contributed by atoms with E-state index in [4.69, 9.17) is 4.98 Å². The van der Waals surface area contributed by atoms with Crippen LogP contribution in [0.3, 0.4) is 0 Å². The normalized spacial score (nSPS) is 11.9. The van der Waals surface area contributed by atoms with Crippen LogP contribution < -0.4 is 15.6 Å². The Morgan fingerprint density at radius 3 is 2.66 bits per heavy atom. The van der Waals surface area contributed by atoms with E-state index in [2.05, 4.69) is 20.3 Å². The van der Waals surface area contributed by atoms with Gasteiger partial charge in [-0.1, -0.05) is 6.92 Å². The van der Waals surface area contributed by atoms with Crippen molar-refractivity contribution < 1.29 is 9.52 Å². The summed E-state index contributed by atoms with van der Waals surface area (Å²) in [4.78, 5) is 46.0. The first kappa shape index (κ1) is 23.9. The van der Waals surface area contributed by atoms with E-state index >= 15 is 0 Å². The first-order chi connectivity index (χ1) is 17.0. The van der Waals surface area contributed by atoms with Gasteiger partial charge in [0.15, 0.2) is 18.0 Å². The molecule has 4 rings (SSSR count). The fraction of sp³-hybridized carbons (Fsp3) is 0.292. The number of amides is 1. The van der Waals surface area contributed by atoms with Gasteiger partial charge in [-0.15, -0.1) is 0 Å². The summed E-state index contributed by atoms with van der Waals surface area (Å²) in [7, 11) is 1.80. The van der Waals surface area contributed by atoms with Crippen LogP contribution in [0, 0.1) is 5.21 Å². The zero-order valence-electron chi connectivity index (χ0n) is 19.5. The standard InChI is InChI=1S/C24H26N8O3/c1-3-20(31(12-9-25-2)23(33)18-6-10-30(35)11-7-18)22-29-21-19(5-4-8-28-21)24(34)32(22)15-17-13-26-16-27-14-17/h4-8,10-11,13-14,16,20,25H,3,9,12,15H2,1-2H3. The van der Waals surface area contributed by atoms with Crippen LogP contribution in [0.25, 0.3) is 11.0 Å². The Labute approximate surface area is 201 Å². The summed E-state index contributed by atoms with van der Waals surface area (Å²) in [6.45, 7) is 3.02. The van der Waals surface area contributed by atoms with Gasteiger partial charge in [0.2, 0.25) is 0 Å². The molecule has 0 bridgehead atoms. The van der Waals surface area contributed by atoms with E-state index in [1.165, 1.54) is 30.9 Å². The third kappa shape index (κ3) is 5.14. The minimum Gasteiger partial charge on any atom is -0.619 e. The summed E-state index contributed by atoms with van der Waals surface area (Å²) in [6, 6.07) is 5.82. The van der Waals surface area contributed by atoms with E-state index in [1.54, 1.807) is 47.2 Å². The zero-order chi connectivity index (χ0) is 24.8. The maximum atomic E-state index is 13.6. The highest BCUT2D eigenvalue weighted by molar-refractivity contribution is 5.94. The van der Waals surface area contributed by atoms with Gasteiger partial charge in [0.1, 0.15) is 12.2 Å². The van der Waals surface area contributed by atoms with Crippen LogP contribution in [0.2, 0.25) is 0 Å². The Kier molecular flexibility index (Phi) is 7.36. The monoisotopic (exact) mass is 474 g/mol. The highest BCUT2D eigenvalue weighted by Crippen LogP contribution is 2.25. The first-order valence-electron chi connectivity index (χ1n) is 11.3. The molecule has 180 valence electrons. The van der Waals surface area contributed by atoms with E-state index in [9.17, 15) is 14.8 Å². The van der Waals surface area contributed by atoms with Gasteiger partial charge in [-0.25, -0.2) is 19.9 Å². The van der Waals surface area contributed by atoms with Crippen molar-refractivity contribution in [1.82, 2.24) is 34.7 Å². The van der Waals surface area contributed by atoms with Crippen LogP contribution in [0.15, 0.2) is 66.4 Å². The number of rotatable bonds is 9. The second-order valence-electron chi connectivity index (χ2n) is 7.96. The molecule has 11 heteroatoms. The van der Waals surface area contributed by atoms with Crippen molar-refractivity contribution in [2.75, 3.05) is 20.1 Å². The number of likely N-dealkylation sites (N-methyl/N-ethyl adjacent to an activating group) is 1. The number of hydrogen-bond acceptors (Lipinski definition) is 8. The van der Waals surface area contributed by atoms with Crippen molar-refractivity contribution in [2.24, 2.45) is 0 Å². The van der Waals surface area contributed by atoms with Crippen molar-refractivity contribution in [3.63, 3.8) is 0 Å². The number of nitrogens with zero attached hydrogens (tertiary/aromatic N) is 7. The van der Waals surface area contributed by atoms with Gasteiger partial charge in [-0.05, 0) is 25.6 Å². The molecule has 0 aliphatic rings. The number of hydrogen-bond donors (Lipinski definition) is 1. The van der Waals surface area contributed by atoms with Gasteiger partial charge in [0, 0.05) is 49.4 Å². The minimum atomic E-state index is -0.529. The third-order valence-corrected chi connectivity index (χ3v) is 5.69. The number of nitrogens with one attached hydrogen (secondary N) is 1. The zero-order valence-corrected chi connectivity index (χ0v) is 19.5. The summed E-state index contributed by atoms with van der Waals surface area (Å²) >= 11 is 0. The van der Waals surface area contributed by atoms with E-state index < -0.39 is 6.04 Å². The average Bonchev–Trinajstić information content (AvgIpc) is 2.89. The fourth-order valence-electron chi connectivity index (χ4n) is 3.97. The first-order valence-corrected chi connectivity index (χ1v) is 11.3. The Morgan fingerprint density at radius 2 is 1.97 bits per heavy atom. The predicted octanol–water partition coefficient (Wildman–Crippen LogP) is 1.08. The van der Waals surface area contributed by atoms with Gasteiger partial charge in [-0.2, -0.15) is 4.73 Å². The number of aromatic nitrogens is 6. The number of carbonyl (C=O) groups excluding carboxylic acids is 1. The Bertz CT molecular complexity index is 1360. The molecule has 0 spiro atoms. The van der Waals surface area contributed by atoms with Crippen molar-refractivity contribution in [1.29, 1.82) is 0 Å². The van der Waals surface area contributed by atoms with Crippen LogP contribution >= 0.6 is 0 Å². The Morgan fingerprint density at radius 1 is 1.23 bits per heavy atom. The molecule has 1 unspecified atom stereocenters. The molecule has 4 aromatic heterocycles. The van der Waals surface area contributed by atoms with Gasteiger partial charge in [-0.3, -0.25) is 14.2 Å². The lowest BCUT2D eigenvalue weighted by atomic mass is 10.1. The average molecular weight is 475 g/mol. The summed E-state index contributed by atoms with van der Waals surface area (Å²) in [5.41, 5.74) is 1.16. The molecule has 0 aliphatic heterocycles. The van der Waals surface area contributed by atoms with E-state index in [1.807, 2.05) is 6.92 Å². The molecule has 0 fully saturated rings. The molecule has 0 saturated heterocycles. The van der Waals surface area contributed by atoms with Crippen molar-refractivity contribution in [2.45, 2.75) is 25.9 Å². The smallest absolute Gasteiger partial charge is 0.263 e. The molecule has 35 heavy (non-hydrogen) atoms. The largest absolute Gasteiger partial charge is 0.619 e. The van der Waals surface area contributed by atoms with Crippen LogP contribution in [0.4, 0.5) is 0 Å². The molecule has 1 atom stereocenters. The lowest BCUT2D eigenvalue weighted by Crippen LogP contribution is -2.42. The maximum absolute atomic E-state index is 13.6. The molecule has 0 aliphatic carbocycles. The lowest BCUT2D eigenvalue weighted by Gasteiger charge is -2.32. The van der Waals surface area contributed by atoms with Gasteiger partial charge in [0.05, 0.1) is 23.5 Å². The van der Waals surface area contributed by atoms with Crippen molar-refractivity contribution in [3.8, 4) is 0 Å². The number of carbonyl (C=O) groups is 1. The van der Waals surface area contributed by atoms with Crippen LogP contribution in [-0.4, -0.2) is 55.4 Å². The highest BCUT2D eigenvalue weighted by atomic mass is 16.5. The molecule has 1 N–H and O–H groups in total. The number of fused-ring (bicyclic) bond motifs is 1. The maximum Gasteiger partial charge on any atom is 0.263 e. The quantitative estimate of drug-likeness (QED) is 0.281. The lowest BCUT2D eigenvalue weighted by molar-refractivity contribution is -0.605. The van der Waals surface area contributed by atoms with Crippen molar-refractivity contribution >= 4 is 16.9 Å². The summed E-state index contributed by atoms with van der Waals surface area (Å²) in [6.07, 6.45) is 9.37. The molecule has 0 aromatic carbocycles. The fourth-order valence-corrected chi connectivity index (χ4v) is 3.97. The Balaban J connectivity index is 1.86. The van der Waals surface area contributed by atoms with Crippen molar-refractivity contribution in [3.05, 3.63) is 94.1 Å². The summed E-state index contributed by atoms with van der Waals surface area (Å²) < 4.78 is 2.19. The van der Waals surface area contributed by atoms with E-state index in [0.717, 1.165) is 5.56 Å². The van der Waals surface area contributed by atoms with Gasteiger partial charge < -0.3 is 15.4 Å². The van der Waals surface area contributed by atoms with E-state index in [0.29, 0.717) is 46.7 Å². The second-order valence-corrected chi connectivity index (χ2v) is 7.96. The second kappa shape index (κ2) is 10.8. The van der Waals surface area contributed by atoms with Crippen LogP contribution in [-0.2, 0) is 6.54 Å². The molecule has 11 nitrogen and oxygen atoms in total. The molecular formula is C24H26N8O3. The number of pyridine rings is 2. The molecule has 0 radical (unpaired) electrons. The van der Waals surface area contributed by atoms with Gasteiger partial charge >= 0.3 is 0 Å². The highest BCUT2D eigenvalue weighted by Gasteiger charge is 2.29. The molecule has 0 saturated carbocycles. The summed E-state index contributed by atoms with van der Waals surface area (Å²) in [5.74, 6) is 0.157.